The van der Waals surface area contributed by atoms with Gasteiger partial charge in [0.15, 0.2) is 5.78 Å². The second kappa shape index (κ2) is 7.27. The van der Waals surface area contributed by atoms with Gasteiger partial charge in [-0.2, -0.15) is 0 Å². The number of ether oxygens (including phenoxy) is 2. The fourth-order valence-electron chi connectivity index (χ4n) is 1.96. The maximum atomic E-state index is 12.6. The van der Waals surface area contributed by atoms with Gasteiger partial charge in [0.25, 0.3) is 0 Å². The smallest absolute Gasteiger partial charge is 0.196 e. The van der Waals surface area contributed by atoms with Gasteiger partial charge in [-0.15, -0.1) is 0 Å². The molecule has 0 fully saturated rings. The highest BCUT2D eigenvalue weighted by Crippen LogP contribution is 2.26. The van der Waals surface area contributed by atoms with Gasteiger partial charge in [0.05, 0.1) is 19.3 Å². The zero-order valence-corrected chi connectivity index (χ0v) is 13.6. The van der Waals surface area contributed by atoms with Gasteiger partial charge in [-0.1, -0.05) is 35.0 Å². The third-order valence-electron chi connectivity index (χ3n) is 2.98. The minimum atomic E-state index is -0.0879. The zero-order valence-electron chi connectivity index (χ0n) is 12.1. The quantitative estimate of drug-likeness (QED) is 0.722. The van der Waals surface area contributed by atoms with Crippen LogP contribution in [0.2, 0.25) is 0 Å². The summed E-state index contributed by atoms with van der Waals surface area (Å²) >= 11 is 3.38. The summed E-state index contributed by atoms with van der Waals surface area (Å²) in [6.45, 7) is 2.68. The third kappa shape index (κ3) is 3.85. The van der Waals surface area contributed by atoms with Crippen molar-refractivity contribution in [1.82, 2.24) is 0 Å². The second-order valence-corrected chi connectivity index (χ2v) is 5.47. The van der Waals surface area contributed by atoms with Gasteiger partial charge in [-0.05, 0) is 36.8 Å². The van der Waals surface area contributed by atoms with Gasteiger partial charge in [-0.25, -0.2) is 0 Å². The lowest BCUT2D eigenvalue weighted by Gasteiger charge is -2.10. The molecule has 4 heteroatoms. The summed E-state index contributed by atoms with van der Waals surface area (Å²) in [5, 5.41) is 0. The van der Waals surface area contributed by atoms with Crippen LogP contribution in [0.5, 0.6) is 11.5 Å². The molecule has 2 aromatic rings. The number of hydrogen-bond acceptors (Lipinski definition) is 3. The average molecular weight is 349 g/mol. The Morgan fingerprint density at radius 1 is 1.19 bits per heavy atom. The second-order valence-electron chi connectivity index (χ2n) is 4.55. The van der Waals surface area contributed by atoms with Crippen molar-refractivity contribution >= 4 is 21.7 Å². The molecular weight excluding hydrogens is 332 g/mol. The van der Waals surface area contributed by atoms with E-state index in [0.717, 1.165) is 10.9 Å². The number of ketones is 1. The van der Waals surface area contributed by atoms with Crippen LogP contribution in [0.1, 0.15) is 29.3 Å². The molecule has 0 radical (unpaired) electrons. The predicted molar refractivity (Wildman–Crippen MR) is 86.4 cm³/mol. The van der Waals surface area contributed by atoms with Crippen LogP contribution in [0.15, 0.2) is 46.9 Å². The van der Waals surface area contributed by atoms with Crippen LogP contribution in [0.25, 0.3) is 0 Å². The Bertz CT molecular complexity index is 638. The first-order chi connectivity index (χ1) is 10.2. The van der Waals surface area contributed by atoms with Crippen LogP contribution in [-0.2, 0) is 0 Å². The summed E-state index contributed by atoms with van der Waals surface area (Å²) in [4.78, 5) is 12.6. The number of benzene rings is 2. The number of methoxy groups -OCH3 is 1. The third-order valence-corrected chi connectivity index (χ3v) is 3.47. The fourth-order valence-corrected chi connectivity index (χ4v) is 2.32. The van der Waals surface area contributed by atoms with Crippen molar-refractivity contribution in [1.29, 1.82) is 0 Å². The van der Waals surface area contributed by atoms with E-state index in [1.54, 1.807) is 31.4 Å². The molecule has 0 amide bonds. The molecule has 0 atom stereocenters. The highest BCUT2D eigenvalue weighted by atomic mass is 79.9. The van der Waals surface area contributed by atoms with E-state index in [4.69, 9.17) is 9.47 Å². The minimum Gasteiger partial charge on any atom is -0.496 e. The van der Waals surface area contributed by atoms with Crippen LogP contribution in [0, 0.1) is 0 Å². The Labute approximate surface area is 133 Å². The summed E-state index contributed by atoms with van der Waals surface area (Å²) in [7, 11) is 1.56. The highest BCUT2D eigenvalue weighted by Gasteiger charge is 2.15. The molecule has 3 nitrogen and oxygen atoms in total. The van der Waals surface area contributed by atoms with E-state index in [0.29, 0.717) is 29.2 Å². The van der Waals surface area contributed by atoms with Crippen LogP contribution in [0.4, 0.5) is 0 Å². The lowest BCUT2D eigenvalue weighted by molar-refractivity contribution is 0.103. The van der Waals surface area contributed by atoms with Crippen LogP contribution in [0.3, 0.4) is 0 Å². The molecular formula is C17H17BrO3. The van der Waals surface area contributed by atoms with Crippen molar-refractivity contribution in [3.05, 3.63) is 58.1 Å². The Kier molecular flexibility index (Phi) is 5.39. The number of carbonyl (C=O) groups is 1. The molecule has 0 aliphatic carbocycles. The van der Waals surface area contributed by atoms with Crippen LogP contribution < -0.4 is 9.47 Å². The maximum Gasteiger partial charge on any atom is 0.196 e. The Morgan fingerprint density at radius 3 is 2.71 bits per heavy atom. The molecule has 0 aliphatic heterocycles. The van der Waals surface area contributed by atoms with Gasteiger partial charge < -0.3 is 9.47 Å². The number of rotatable bonds is 6. The Balaban J connectivity index is 2.33. The molecule has 0 aliphatic rings. The molecule has 110 valence electrons. The predicted octanol–water partition coefficient (Wildman–Crippen LogP) is 4.48. The molecule has 2 aromatic carbocycles. The molecule has 0 N–H and O–H groups in total. The summed E-state index contributed by atoms with van der Waals surface area (Å²) in [5.41, 5.74) is 1.11. The molecule has 0 unspecified atom stereocenters. The SMILES string of the molecule is CCCOc1cccc(C(=O)c2cc(Br)ccc2OC)c1. The first kappa shape index (κ1) is 15.6. The first-order valence-corrected chi connectivity index (χ1v) is 7.56. The zero-order chi connectivity index (χ0) is 15.2. The first-order valence-electron chi connectivity index (χ1n) is 6.76. The van der Waals surface area contributed by atoms with Crippen molar-refractivity contribution in [3.63, 3.8) is 0 Å². The largest absolute Gasteiger partial charge is 0.496 e. The molecule has 0 bridgehead atoms. The summed E-state index contributed by atoms with van der Waals surface area (Å²) in [6, 6.07) is 12.6. The molecule has 0 heterocycles. The average Bonchev–Trinajstić information content (AvgIpc) is 2.52. The molecule has 21 heavy (non-hydrogen) atoms. The Morgan fingerprint density at radius 2 is 2.00 bits per heavy atom. The molecule has 0 saturated heterocycles. The summed E-state index contributed by atoms with van der Waals surface area (Å²) in [5.74, 6) is 1.18. The minimum absolute atomic E-state index is 0.0879. The van der Waals surface area contributed by atoms with Gasteiger partial charge in [0.1, 0.15) is 11.5 Å². The van der Waals surface area contributed by atoms with E-state index in [1.807, 2.05) is 25.1 Å². The van der Waals surface area contributed by atoms with E-state index < -0.39 is 0 Å². The fraction of sp³-hybridized carbons (Fsp3) is 0.235. The molecule has 2 rings (SSSR count). The van der Waals surface area contributed by atoms with Crippen molar-refractivity contribution in [2.45, 2.75) is 13.3 Å². The standard InChI is InChI=1S/C17H17BrO3/c1-3-9-21-14-6-4-5-12(10-14)17(19)15-11-13(18)7-8-16(15)20-2/h4-8,10-11H,3,9H2,1-2H3. The highest BCUT2D eigenvalue weighted by molar-refractivity contribution is 9.10. The monoisotopic (exact) mass is 348 g/mol. The lowest BCUT2D eigenvalue weighted by Crippen LogP contribution is -2.05. The van der Waals surface area contributed by atoms with Gasteiger partial charge in [0, 0.05) is 10.0 Å². The Hall–Kier alpha value is -1.81. The summed E-state index contributed by atoms with van der Waals surface area (Å²) in [6.07, 6.45) is 0.928. The van der Waals surface area contributed by atoms with Crippen molar-refractivity contribution in [2.75, 3.05) is 13.7 Å². The van der Waals surface area contributed by atoms with Gasteiger partial charge in [-0.3, -0.25) is 4.79 Å². The van der Waals surface area contributed by atoms with Crippen molar-refractivity contribution in [2.24, 2.45) is 0 Å². The number of carbonyl (C=O) groups excluding carboxylic acids is 1. The maximum absolute atomic E-state index is 12.6. The number of hydrogen-bond donors (Lipinski definition) is 0. The number of halogens is 1. The molecule has 0 aromatic heterocycles. The summed E-state index contributed by atoms with van der Waals surface area (Å²) < 4.78 is 11.7. The van der Waals surface area contributed by atoms with E-state index in [1.165, 1.54) is 0 Å². The van der Waals surface area contributed by atoms with E-state index in [-0.39, 0.29) is 5.78 Å². The lowest BCUT2D eigenvalue weighted by atomic mass is 10.0. The topological polar surface area (TPSA) is 35.5 Å². The van der Waals surface area contributed by atoms with Gasteiger partial charge >= 0.3 is 0 Å². The van der Waals surface area contributed by atoms with E-state index in [2.05, 4.69) is 15.9 Å². The van der Waals surface area contributed by atoms with Crippen molar-refractivity contribution < 1.29 is 14.3 Å². The van der Waals surface area contributed by atoms with Crippen LogP contribution in [-0.4, -0.2) is 19.5 Å². The normalized spacial score (nSPS) is 10.2. The van der Waals surface area contributed by atoms with E-state index in [9.17, 15) is 4.79 Å². The molecule has 0 spiro atoms. The van der Waals surface area contributed by atoms with Gasteiger partial charge in [0.2, 0.25) is 0 Å². The molecule has 0 saturated carbocycles. The van der Waals surface area contributed by atoms with E-state index >= 15 is 0 Å². The van der Waals surface area contributed by atoms with Crippen LogP contribution >= 0.6 is 15.9 Å². The van der Waals surface area contributed by atoms with Crippen molar-refractivity contribution in [3.8, 4) is 11.5 Å².